The van der Waals surface area contributed by atoms with Crippen LogP contribution in [0, 0.1) is 12.3 Å². The molecule has 0 aliphatic carbocycles. The molecule has 1 aliphatic rings. The van der Waals surface area contributed by atoms with E-state index in [2.05, 4.69) is 46.5 Å². The van der Waals surface area contributed by atoms with Crippen LogP contribution in [0.3, 0.4) is 0 Å². The lowest BCUT2D eigenvalue weighted by Gasteiger charge is -2.42. The molecule has 0 atom stereocenters. The molecule has 0 bridgehead atoms. The Morgan fingerprint density at radius 1 is 1.25 bits per heavy atom. The number of nitrogens with one attached hydrogen (secondary N) is 1. The zero-order chi connectivity index (χ0) is 14.3. The fourth-order valence-corrected chi connectivity index (χ4v) is 2.83. The monoisotopic (exact) mass is 271 g/mol. The minimum Gasteiger partial charge on any atom is -0.329 e. The average Bonchev–Trinajstić information content (AvgIpc) is 2.51. The summed E-state index contributed by atoms with van der Waals surface area (Å²) in [7, 11) is 0. The third-order valence-electron chi connectivity index (χ3n) is 4.22. The second kappa shape index (κ2) is 7.44. The van der Waals surface area contributed by atoms with Gasteiger partial charge in [-0.25, -0.2) is 0 Å². The molecular formula is C17H25N3. The lowest BCUT2D eigenvalue weighted by molar-refractivity contribution is 0.134. The van der Waals surface area contributed by atoms with Gasteiger partial charge in [-0.05, 0) is 18.4 Å². The van der Waals surface area contributed by atoms with Gasteiger partial charge in [0.2, 0.25) is 0 Å². The second-order valence-corrected chi connectivity index (χ2v) is 5.63. The average molecular weight is 271 g/mol. The number of hydrogen-bond donors (Lipinski definition) is 2. The Morgan fingerprint density at radius 2 is 1.95 bits per heavy atom. The fraction of sp³-hybridized carbons (Fsp3) is 0.529. The van der Waals surface area contributed by atoms with Crippen LogP contribution in [0.25, 0.3) is 0 Å². The number of terminal acetylenes is 1. The fourth-order valence-electron chi connectivity index (χ4n) is 2.83. The summed E-state index contributed by atoms with van der Waals surface area (Å²) < 4.78 is 0. The molecule has 1 saturated heterocycles. The van der Waals surface area contributed by atoms with E-state index in [1.807, 2.05) is 0 Å². The maximum Gasteiger partial charge on any atom is 0.0328 e. The van der Waals surface area contributed by atoms with Crippen LogP contribution < -0.4 is 11.1 Å². The SMILES string of the molecule is C#CCCNC1(CN)CCN(Cc2ccccc2)CC1. The summed E-state index contributed by atoms with van der Waals surface area (Å²) in [6.07, 6.45) is 8.28. The molecule has 2 rings (SSSR count). The lowest BCUT2D eigenvalue weighted by Crippen LogP contribution is -2.57. The molecule has 3 heteroatoms. The van der Waals surface area contributed by atoms with Crippen LogP contribution in [-0.2, 0) is 6.54 Å². The normalized spacial score (nSPS) is 18.6. The molecular weight excluding hydrogens is 246 g/mol. The Bertz CT molecular complexity index is 427. The zero-order valence-electron chi connectivity index (χ0n) is 12.1. The summed E-state index contributed by atoms with van der Waals surface area (Å²) in [6, 6.07) is 10.6. The van der Waals surface area contributed by atoms with Crippen molar-refractivity contribution < 1.29 is 0 Å². The summed E-state index contributed by atoms with van der Waals surface area (Å²) in [5.74, 6) is 2.68. The van der Waals surface area contributed by atoms with E-state index in [4.69, 9.17) is 12.2 Å². The predicted octanol–water partition coefficient (Wildman–Crippen LogP) is 1.59. The maximum absolute atomic E-state index is 5.99. The van der Waals surface area contributed by atoms with E-state index in [0.717, 1.165) is 45.4 Å². The Hall–Kier alpha value is -1.34. The third kappa shape index (κ3) is 4.08. The highest BCUT2D eigenvalue weighted by Gasteiger charge is 2.32. The summed E-state index contributed by atoms with van der Waals surface area (Å²) >= 11 is 0. The molecule has 1 aromatic rings. The summed E-state index contributed by atoms with van der Waals surface area (Å²) in [6.45, 7) is 4.78. The number of rotatable bonds is 6. The van der Waals surface area contributed by atoms with Crippen molar-refractivity contribution in [2.24, 2.45) is 5.73 Å². The number of piperidine rings is 1. The molecule has 3 N–H and O–H groups in total. The van der Waals surface area contributed by atoms with Crippen molar-refractivity contribution in [2.45, 2.75) is 31.3 Å². The van der Waals surface area contributed by atoms with Gasteiger partial charge in [-0.2, -0.15) is 0 Å². The van der Waals surface area contributed by atoms with Crippen LogP contribution in [0.15, 0.2) is 30.3 Å². The largest absolute Gasteiger partial charge is 0.329 e. The molecule has 0 amide bonds. The highest BCUT2D eigenvalue weighted by atomic mass is 15.2. The Balaban J connectivity index is 1.83. The maximum atomic E-state index is 5.99. The van der Waals surface area contributed by atoms with Gasteiger partial charge < -0.3 is 11.1 Å². The van der Waals surface area contributed by atoms with Crippen molar-refractivity contribution >= 4 is 0 Å². The number of likely N-dealkylation sites (tertiary alicyclic amines) is 1. The van der Waals surface area contributed by atoms with E-state index in [1.54, 1.807) is 0 Å². The molecule has 0 radical (unpaired) electrons. The van der Waals surface area contributed by atoms with Crippen LogP contribution in [0.2, 0.25) is 0 Å². The minimum atomic E-state index is 0.0873. The molecule has 3 nitrogen and oxygen atoms in total. The van der Waals surface area contributed by atoms with Crippen LogP contribution in [0.4, 0.5) is 0 Å². The number of hydrogen-bond acceptors (Lipinski definition) is 3. The summed E-state index contributed by atoms with van der Waals surface area (Å²) in [5.41, 5.74) is 7.46. The smallest absolute Gasteiger partial charge is 0.0328 e. The molecule has 108 valence electrons. The quantitative estimate of drug-likeness (QED) is 0.610. The molecule has 0 spiro atoms. The molecule has 0 saturated carbocycles. The highest BCUT2D eigenvalue weighted by Crippen LogP contribution is 2.22. The Labute approximate surface area is 122 Å². The van der Waals surface area contributed by atoms with E-state index in [1.165, 1.54) is 5.56 Å². The van der Waals surface area contributed by atoms with Gasteiger partial charge in [0.15, 0.2) is 0 Å². The summed E-state index contributed by atoms with van der Waals surface area (Å²) in [5, 5.41) is 3.58. The number of nitrogens with zero attached hydrogens (tertiary/aromatic N) is 1. The van der Waals surface area contributed by atoms with E-state index in [9.17, 15) is 0 Å². The first-order chi connectivity index (χ1) is 9.78. The van der Waals surface area contributed by atoms with Gasteiger partial charge in [0.25, 0.3) is 0 Å². The van der Waals surface area contributed by atoms with E-state index < -0.39 is 0 Å². The van der Waals surface area contributed by atoms with Crippen molar-refractivity contribution in [1.29, 1.82) is 0 Å². The Kier molecular flexibility index (Phi) is 5.60. The van der Waals surface area contributed by atoms with Crippen LogP contribution in [-0.4, -0.2) is 36.6 Å². The molecule has 1 heterocycles. The topological polar surface area (TPSA) is 41.3 Å². The highest BCUT2D eigenvalue weighted by molar-refractivity contribution is 5.14. The third-order valence-corrected chi connectivity index (χ3v) is 4.22. The van der Waals surface area contributed by atoms with Crippen LogP contribution in [0.1, 0.15) is 24.8 Å². The van der Waals surface area contributed by atoms with Crippen LogP contribution in [0.5, 0.6) is 0 Å². The molecule has 1 aromatic carbocycles. The standard InChI is InChI=1S/C17H25N3/c1-2-3-11-19-17(15-18)9-12-20(13-10-17)14-16-7-5-4-6-8-16/h1,4-8,19H,3,9-15,18H2. The van der Waals surface area contributed by atoms with Gasteiger partial charge in [0.05, 0.1) is 0 Å². The van der Waals surface area contributed by atoms with Crippen LogP contribution >= 0.6 is 0 Å². The molecule has 20 heavy (non-hydrogen) atoms. The second-order valence-electron chi connectivity index (χ2n) is 5.63. The van der Waals surface area contributed by atoms with Gasteiger partial charge in [-0.1, -0.05) is 30.3 Å². The summed E-state index contributed by atoms with van der Waals surface area (Å²) in [4.78, 5) is 2.51. The molecule has 1 aliphatic heterocycles. The number of nitrogens with two attached hydrogens (primary N) is 1. The van der Waals surface area contributed by atoms with Crippen molar-refractivity contribution in [2.75, 3.05) is 26.2 Å². The van der Waals surface area contributed by atoms with Gasteiger partial charge in [-0.15, -0.1) is 12.3 Å². The van der Waals surface area contributed by atoms with E-state index in [0.29, 0.717) is 6.54 Å². The lowest BCUT2D eigenvalue weighted by atomic mass is 9.87. The zero-order valence-corrected chi connectivity index (χ0v) is 12.1. The number of benzene rings is 1. The van der Waals surface area contributed by atoms with Gasteiger partial charge in [0, 0.05) is 44.7 Å². The van der Waals surface area contributed by atoms with Crippen molar-refractivity contribution in [3.05, 3.63) is 35.9 Å². The van der Waals surface area contributed by atoms with E-state index >= 15 is 0 Å². The van der Waals surface area contributed by atoms with Crippen molar-refractivity contribution in [1.82, 2.24) is 10.2 Å². The molecule has 0 unspecified atom stereocenters. The first kappa shape index (κ1) is 15.1. The first-order valence-electron chi connectivity index (χ1n) is 7.43. The van der Waals surface area contributed by atoms with Gasteiger partial charge >= 0.3 is 0 Å². The minimum absolute atomic E-state index is 0.0873. The van der Waals surface area contributed by atoms with Gasteiger partial charge in [0.1, 0.15) is 0 Å². The van der Waals surface area contributed by atoms with E-state index in [-0.39, 0.29) is 5.54 Å². The Morgan fingerprint density at radius 3 is 2.55 bits per heavy atom. The predicted molar refractivity (Wildman–Crippen MR) is 84.2 cm³/mol. The molecule has 0 aromatic heterocycles. The van der Waals surface area contributed by atoms with Gasteiger partial charge in [-0.3, -0.25) is 4.90 Å². The van der Waals surface area contributed by atoms with Crippen molar-refractivity contribution in [3.8, 4) is 12.3 Å². The molecule has 1 fully saturated rings. The van der Waals surface area contributed by atoms with Crippen molar-refractivity contribution in [3.63, 3.8) is 0 Å². The first-order valence-corrected chi connectivity index (χ1v) is 7.43.